The van der Waals surface area contributed by atoms with Crippen LogP contribution in [0.25, 0.3) is 0 Å². The molecule has 0 saturated carbocycles. The Morgan fingerprint density at radius 2 is 2.13 bits per heavy atom. The van der Waals surface area contributed by atoms with E-state index in [9.17, 15) is 5.11 Å². The van der Waals surface area contributed by atoms with Crippen LogP contribution in [0.4, 0.5) is 0 Å². The average Bonchev–Trinajstić information content (AvgIpc) is 2.15. The number of thioether (sulfide) groups is 1. The van der Waals surface area contributed by atoms with E-state index >= 15 is 0 Å². The Labute approximate surface area is 96.1 Å². The molecular weight excluding hydrogens is 206 g/mol. The van der Waals surface area contributed by atoms with Gasteiger partial charge in [0.15, 0.2) is 0 Å². The Bertz CT molecular complexity index is 307. The maximum Gasteiger partial charge on any atom is 0.0685 e. The Morgan fingerprint density at radius 3 is 2.73 bits per heavy atom. The Morgan fingerprint density at radius 1 is 1.40 bits per heavy atom. The highest BCUT2D eigenvalue weighted by molar-refractivity contribution is 7.99. The Balaban J connectivity index is 2.57. The molecule has 0 unspecified atom stereocenters. The minimum Gasteiger partial charge on any atom is -0.390 e. The van der Waals surface area contributed by atoms with Crippen molar-refractivity contribution in [2.24, 2.45) is 0 Å². The zero-order valence-electron chi connectivity index (χ0n) is 9.58. The van der Waals surface area contributed by atoms with Gasteiger partial charge in [0.2, 0.25) is 0 Å². The third-order valence-electron chi connectivity index (χ3n) is 1.87. The highest BCUT2D eigenvalue weighted by atomic mass is 32.2. The predicted octanol–water partition coefficient (Wildman–Crippen LogP) is 2.27. The number of hydrogen-bond acceptors (Lipinski definition) is 3. The molecule has 0 radical (unpaired) electrons. The van der Waals surface area contributed by atoms with Crippen molar-refractivity contribution in [3.05, 3.63) is 29.8 Å². The fourth-order valence-corrected chi connectivity index (χ4v) is 2.14. The van der Waals surface area contributed by atoms with Crippen molar-refractivity contribution in [3.63, 3.8) is 0 Å². The summed E-state index contributed by atoms with van der Waals surface area (Å²) in [5.74, 6) is 0.718. The molecule has 1 aromatic rings. The van der Waals surface area contributed by atoms with Gasteiger partial charge in [-0.1, -0.05) is 12.1 Å². The van der Waals surface area contributed by atoms with Crippen molar-refractivity contribution in [1.82, 2.24) is 5.32 Å². The summed E-state index contributed by atoms with van der Waals surface area (Å²) in [6.07, 6.45) is 0. The lowest BCUT2D eigenvalue weighted by molar-refractivity contribution is 0.107. The van der Waals surface area contributed by atoms with Gasteiger partial charge in [-0.3, -0.25) is 0 Å². The molecule has 15 heavy (non-hydrogen) atoms. The van der Waals surface area contributed by atoms with Crippen LogP contribution in [0.2, 0.25) is 0 Å². The van der Waals surface area contributed by atoms with Crippen LogP contribution in [0, 0.1) is 0 Å². The van der Waals surface area contributed by atoms with Crippen LogP contribution in [0.3, 0.4) is 0 Å². The molecule has 0 aliphatic rings. The maximum absolute atomic E-state index is 9.62. The second-order valence-corrected chi connectivity index (χ2v) is 5.33. The monoisotopic (exact) mass is 225 g/mol. The zero-order valence-corrected chi connectivity index (χ0v) is 10.4. The first-order valence-corrected chi connectivity index (χ1v) is 6.08. The van der Waals surface area contributed by atoms with E-state index in [1.807, 2.05) is 20.9 Å². The van der Waals surface area contributed by atoms with Crippen LogP contribution in [-0.4, -0.2) is 23.5 Å². The molecule has 3 heteroatoms. The van der Waals surface area contributed by atoms with Crippen LogP contribution >= 0.6 is 11.8 Å². The van der Waals surface area contributed by atoms with Crippen molar-refractivity contribution in [2.75, 3.05) is 12.8 Å². The summed E-state index contributed by atoms with van der Waals surface area (Å²) < 4.78 is 0. The molecule has 0 aliphatic carbocycles. The van der Waals surface area contributed by atoms with Gasteiger partial charge in [0.25, 0.3) is 0 Å². The van der Waals surface area contributed by atoms with E-state index in [1.165, 1.54) is 10.5 Å². The molecule has 0 amide bonds. The van der Waals surface area contributed by atoms with E-state index < -0.39 is 5.60 Å². The molecule has 84 valence electrons. The van der Waals surface area contributed by atoms with E-state index in [0.29, 0.717) is 0 Å². The highest BCUT2D eigenvalue weighted by Gasteiger charge is 2.12. The quantitative estimate of drug-likeness (QED) is 0.754. The third-order valence-corrected chi connectivity index (χ3v) is 3.31. The lowest BCUT2D eigenvalue weighted by Gasteiger charge is -2.16. The number of nitrogens with one attached hydrogen (secondary N) is 1. The first-order chi connectivity index (χ1) is 7.01. The summed E-state index contributed by atoms with van der Waals surface area (Å²) in [7, 11) is 1.94. The molecule has 0 aliphatic heterocycles. The Kier molecular flexibility index (Phi) is 4.64. The molecule has 1 rings (SSSR count). The standard InChI is InChI=1S/C12H19NOS/c1-12(2,14)9-15-11-6-4-5-10(7-11)8-13-3/h4-7,13-14H,8-9H2,1-3H3. The van der Waals surface area contributed by atoms with Gasteiger partial charge < -0.3 is 10.4 Å². The highest BCUT2D eigenvalue weighted by Crippen LogP contribution is 2.23. The van der Waals surface area contributed by atoms with Gasteiger partial charge >= 0.3 is 0 Å². The van der Waals surface area contributed by atoms with E-state index in [4.69, 9.17) is 0 Å². The molecule has 0 bridgehead atoms. The number of benzene rings is 1. The van der Waals surface area contributed by atoms with Crippen molar-refractivity contribution >= 4 is 11.8 Å². The van der Waals surface area contributed by atoms with E-state index in [-0.39, 0.29) is 0 Å². The summed E-state index contributed by atoms with van der Waals surface area (Å²) in [5.41, 5.74) is 0.669. The van der Waals surface area contributed by atoms with Crippen molar-refractivity contribution < 1.29 is 5.11 Å². The summed E-state index contributed by atoms with van der Waals surface area (Å²) in [6.45, 7) is 4.55. The molecule has 0 atom stereocenters. The first kappa shape index (κ1) is 12.6. The minimum atomic E-state index is -0.607. The smallest absolute Gasteiger partial charge is 0.0685 e. The number of hydrogen-bond donors (Lipinski definition) is 2. The van der Waals surface area contributed by atoms with Gasteiger partial charge in [-0.05, 0) is 38.6 Å². The molecule has 2 N–H and O–H groups in total. The molecule has 2 nitrogen and oxygen atoms in total. The van der Waals surface area contributed by atoms with Crippen LogP contribution in [0.15, 0.2) is 29.2 Å². The summed E-state index contributed by atoms with van der Waals surface area (Å²) in [4.78, 5) is 1.21. The van der Waals surface area contributed by atoms with Crippen molar-refractivity contribution in [2.45, 2.75) is 30.9 Å². The van der Waals surface area contributed by atoms with Gasteiger partial charge in [0.05, 0.1) is 5.60 Å². The van der Waals surface area contributed by atoms with Gasteiger partial charge in [-0.2, -0.15) is 0 Å². The van der Waals surface area contributed by atoms with Crippen LogP contribution in [-0.2, 0) is 6.54 Å². The SMILES string of the molecule is CNCc1cccc(SCC(C)(C)O)c1. The summed E-state index contributed by atoms with van der Waals surface area (Å²) >= 11 is 1.69. The van der Waals surface area contributed by atoms with E-state index in [1.54, 1.807) is 11.8 Å². The van der Waals surface area contributed by atoms with Crippen molar-refractivity contribution in [1.29, 1.82) is 0 Å². The number of rotatable bonds is 5. The van der Waals surface area contributed by atoms with Crippen LogP contribution in [0.5, 0.6) is 0 Å². The van der Waals surface area contributed by atoms with Gasteiger partial charge in [-0.15, -0.1) is 11.8 Å². The lowest BCUT2D eigenvalue weighted by Crippen LogP contribution is -2.21. The fraction of sp³-hybridized carbons (Fsp3) is 0.500. The summed E-state index contributed by atoms with van der Waals surface area (Å²) in [5, 5.41) is 12.7. The normalized spacial score (nSPS) is 11.7. The molecule has 1 aromatic carbocycles. The zero-order chi connectivity index (χ0) is 11.3. The van der Waals surface area contributed by atoms with Crippen molar-refractivity contribution in [3.8, 4) is 0 Å². The van der Waals surface area contributed by atoms with Gasteiger partial charge in [-0.25, -0.2) is 0 Å². The first-order valence-electron chi connectivity index (χ1n) is 5.10. The number of aliphatic hydroxyl groups is 1. The summed E-state index contributed by atoms with van der Waals surface area (Å²) in [6, 6.07) is 8.40. The Hall–Kier alpha value is -0.510. The molecule has 0 heterocycles. The molecule has 0 fully saturated rings. The van der Waals surface area contributed by atoms with E-state index in [0.717, 1.165) is 12.3 Å². The predicted molar refractivity (Wildman–Crippen MR) is 66.2 cm³/mol. The second-order valence-electron chi connectivity index (χ2n) is 4.28. The second kappa shape index (κ2) is 5.54. The third kappa shape index (κ3) is 5.21. The topological polar surface area (TPSA) is 32.3 Å². The van der Waals surface area contributed by atoms with Gasteiger partial charge in [0, 0.05) is 17.2 Å². The van der Waals surface area contributed by atoms with Gasteiger partial charge in [0.1, 0.15) is 0 Å². The lowest BCUT2D eigenvalue weighted by atomic mass is 10.2. The maximum atomic E-state index is 9.62. The van der Waals surface area contributed by atoms with Crippen LogP contribution in [0.1, 0.15) is 19.4 Å². The largest absolute Gasteiger partial charge is 0.390 e. The molecule has 0 spiro atoms. The minimum absolute atomic E-state index is 0.607. The average molecular weight is 225 g/mol. The van der Waals surface area contributed by atoms with E-state index in [2.05, 4.69) is 29.6 Å². The fourth-order valence-electron chi connectivity index (χ4n) is 1.21. The van der Waals surface area contributed by atoms with Crippen LogP contribution < -0.4 is 5.32 Å². The molecular formula is C12H19NOS. The molecule has 0 saturated heterocycles. The molecule has 0 aromatic heterocycles.